The van der Waals surface area contributed by atoms with Gasteiger partial charge in [-0.15, -0.1) is 0 Å². The van der Waals surface area contributed by atoms with Gasteiger partial charge in [-0.3, -0.25) is 0 Å². The van der Waals surface area contributed by atoms with E-state index >= 15 is 0 Å². The molecule has 6 heteroatoms. The molecule has 0 unspecified atom stereocenters. The second-order valence-corrected chi connectivity index (χ2v) is 3.96. The molecule has 0 aromatic heterocycles. The summed E-state index contributed by atoms with van der Waals surface area (Å²) in [5.74, 6) is 0.859. The number of azide groups is 1. The van der Waals surface area contributed by atoms with Gasteiger partial charge in [0.2, 0.25) is 0 Å². The molecule has 0 radical (unpaired) electrons. The molecular weight excluding hydrogens is 333 g/mol. The van der Waals surface area contributed by atoms with Crippen LogP contribution in [-0.2, 0) is 9.16 Å². The molecule has 0 heterocycles. The summed E-state index contributed by atoms with van der Waals surface area (Å²) in [5.41, 5.74) is 9.29. The van der Waals surface area contributed by atoms with E-state index in [2.05, 4.69) is 38.7 Å². The molecule has 0 fully saturated rings. The molecule has 0 aliphatic carbocycles. The summed E-state index contributed by atoms with van der Waals surface area (Å²) >= 11 is 2.31. The molecule has 92 valence electrons. The van der Waals surface area contributed by atoms with Gasteiger partial charge >= 0.3 is 0 Å². The largest absolute Gasteiger partial charge is 0.491 e. The second-order valence-electron chi connectivity index (χ2n) is 3.20. The predicted octanol–water partition coefficient (Wildman–Crippen LogP) is 3.33. The van der Waals surface area contributed by atoms with Crippen LogP contribution in [0.4, 0.5) is 0 Å². The lowest BCUT2D eigenvalue weighted by molar-refractivity contribution is 0.106. The van der Waals surface area contributed by atoms with Gasteiger partial charge in [0.05, 0.1) is 13.2 Å². The Morgan fingerprint density at radius 2 is 2.18 bits per heavy atom. The van der Waals surface area contributed by atoms with Gasteiger partial charge in [0.15, 0.2) is 0 Å². The Morgan fingerprint density at radius 1 is 1.29 bits per heavy atom. The first-order chi connectivity index (χ1) is 8.36. The highest BCUT2D eigenvalue weighted by Gasteiger charge is 1.95. The molecule has 1 rings (SSSR count). The Hall–Kier alpha value is -0.980. The van der Waals surface area contributed by atoms with Crippen molar-refractivity contribution in [2.45, 2.75) is 4.43 Å². The molecule has 17 heavy (non-hydrogen) atoms. The number of hydrogen-bond donors (Lipinski definition) is 0. The van der Waals surface area contributed by atoms with Crippen molar-refractivity contribution in [1.29, 1.82) is 0 Å². The number of benzene rings is 1. The minimum Gasteiger partial charge on any atom is -0.491 e. The molecule has 0 saturated heterocycles. The minimum atomic E-state index is 0.362. The van der Waals surface area contributed by atoms with E-state index in [9.17, 15) is 0 Å². The van der Waals surface area contributed by atoms with Crippen molar-refractivity contribution in [3.8, 4) is 5.75 Å². The van der Waals surface area contributed by atoms with Crippen LogP contribution in [0.1, 0.15) is 5.56 Å². The molecule has 0 bridgehead atoms. The number of halogens is 1. The van der Waals surface area contributed by atoms with E-state index in [1.165, 1.54) is 5.56 Å². The van der Waals surface area contributed by atoms with Gasteiger partial charge in [-0.05, 0) is 23.2 Å². The van der Waals surface area contributed by atoms with Crippen LogP contribution in [0.5, 0.6) is 5.75 Å². The van der Waals surface area contributed by atoms with E-state index in [0.29, 0.717) is 26.4 Å². The van der Waals surface area contributed by atoms with Gasteiger partial charge in [-0.1, -0.05) is 39.8 Å². The highest BCUT2D eigenvalue weighted by atomic mass is 127. The first-order valence-corrected chi connectivity index (χ1v) is 6.75. The van der Waals surface area contributed by atoms with E-state index in [-0.39, 0.29) is 0 Å². The minimum absolute atomic E-state index is 0.362. The van der Waals surface area contributed by atoms with Gasteiger partial charge in [0.1, 0.15) is 12.4 Å². The Labute approximate surface area is 114 Å². The van der Waals surface area contributed by atoms with E-state index in [1.54, 1.807) is 0 Å². The van der Waals surface area contributed by atoms with Crippen molar-refractivity contribution >= 4 is 22.6 Å². The summed E-state index contributed by atoms with van der Waals surface area (Å²) in [7, 11) is 0. The standard InChI is InChI=1S/C11H14IN3O2/c12-9-10-2-1-3-11(8-10)17-7-6-16-5-4-14-15-13/h1-3,8H,4-7,9H2. The molecule has 0 N–H and O–H groups in total. The number of rotatable bonds is 8. The van der Waals surface area contributed by atoms with Crippen molar-refractivity contribution in [2.24, 2.45) is 5.11 Å². The van der Waals surface area contributed by atoms with Gasteiger partial charge in [-0.25, -0.2) is 0 Å². The summed E-state index contributed by atoms with van der Waals surface area (Å²) < 4.78 is 11.7. The van der Waals surface area contributed by atoms with Crippen LogP contribution >= 0.6 is 22.6 Å². The van der Waals surface area contributed by atoms with E-state index in [1.807, 2.05) is 18.2 Å². The third-order valence-corrected chi connectivity index (χ3v) is 2.83. The van der Waals surface area contributed by atoms with Crippen LogP contribution < -0.4 is 4.74 Å². The highest BCUT2D eigenvalue weighted by molar-refractivity contribution is 14.1. The lowest BCUT2D eigenvalue weighted by Gasteiger charge is -2.07. The zero-order chi connectivity index (χ0) is 12.3. The van der Waals surface area contributed by atoms with Crippen molar-refractivity contribution in [3.63, 3.8) is 0 Å². The fraction of sp³-hybridized carbons (Fsp3) is 0.455. The topological polar surface area (TPSA) is 67.2 Å². The van der Waals surface area contributed by atoms with Gasteiger partial charge in [0.25, 0.3) is 0 Å². The average Bonchev–Trinajstić information content (AvgIpc) is 2.38. The fourth-order valence-corrected chi connectivity index (χ4v) is 1.66. The van der Waals surface area contributed by atoms with Crippen LogP contribution in [0.3, 0.4) is 0 Å². The van der Waals surface area contributed by atoms with Gasteiger partial charge in [-0.2, -0.15) is 0 Å². The molecule has 0 atom stereocenters. The van der Waals surface area contributed by atoms with Gasteiger partial charge < -0.3 is 9.47 Å². The molecule has 5 nitrogen and oxygen atoms in total. The number of ether oxygens (including phenoxy) is 2. The quantitative estimate of drug-likeness (QED) is 0.181. The van der Waals surface area contributed by atoms with Crippen LogP contribution in [0.2, 0.25) is 0 Å². The lowest BCUT2D eigenvalue weighted by atomic mass is 10.2. The SMILES string of the molecule is [N-]=[N+]=NCCOCCOc1cccc(CI)c1. The molecule has 0 aliphatic heterocycles. The second kappa shape index (κ2) is 9.09. The van der Waals surface area contributed by atoms with E-state index in [4.69, 9.17) is 15.0 Å². The van der Waals surface area contributed by atoms with Crippen molar-refractivity contribution in [2.75, 3.05) is 26.4 Å². The first-order valence-electron chi connectivity index (χ1n) is 5.23. The zero-order valence-electron chi connectivity index (χ0n) is 9.38. The summed E-state index contributed by atoms with van der Waals surface area (Å²) in [6.07, 6.45) is 0. The van der Waals surface area contributed by atoms with Crippen molar-refractivity contribution in [1.82, 2.24) is 0 Å². The normalized spacial score (nSPS) is 9.71. The third-order valence-electron chi connectivity index (χ3n) is 1.95. The highest BCUT2D eigenvalue weighted by Crippen LogP contribution is 2.15. The van der Waals surface area contributed by atoms with Crippen molar-refractivity contribution < 1.29 is 9.47 Å². The first kappa shape index (κ1) is 14.1. The van der Waals surface area contributed by atoms with Crippen LogP contribution in [0.25, 0.3) is 10.4 Å². The maximum Gasteiger partial charge on any atom is 0.119 e. The van der Waals surface area contributed by atoms with E-state index < -0.39 is 0 Å². The van der Waals surface area contributed by atoms with Gasteiger partial charge in [0, 0.05) is 15.9 Å². The molecular formula is C11H14IN3O2. The summed E-state index contributed by atoms with van der Waals surface area (Å²) in [5, 5.41) is 3.36. The lowest BCUT2D eigenvalue weighted by Crippen LogP contribution is -2.08. The predicted molar refractivity (Wildman–Crippen MR) is 74.5 cm³/mol. The molecule has 1 aromatic carbocycles. The molecule has 0 aliphatic rings. The maximum absolute atomic E-state index is 8.04. The number of alkyl halides is 1. The third kappa shape index (κ3) is 6.35. The Bertz CT molecular complexity index is 381. The fourth-order valence-electron chi connectivity index (χ4n) is 1.19. The average molecular weight is 347 g/mol. The summed E-state index contributed by atoms with van der Waals surface area (Å²) in [6.45, 7) is 1.79. The Kier molecular flexibility index (Phi) is 7.53. The summed E-state index contributed by atoms with van der Waals surface area (Å²) in [6, 6.07) is 7.99. The van der Waals surface area contributed by atoms with Crippen LogP contribution in [-0.4, -0.2) is 26.4 Å². The Morgan fingerprint density at radius 3 is 2.94 bits per heavy atom. The molecule has 0 amide bonds. The molecule has 0 saturated carbocycles. The molecule has 1 aromatic rings. The zero-order valence-corrected chi connectivity index (χ0v) is 11.5. The number of nitrogens with zero attached hydrogens (tertiary/aromatic N) is 3. The van der Waals surface area contributed by atoms with Crippen LogP contribution in [0, 0.1) is 0 Å². The van der Waals surface area contributed by atoms with E-state index in [0.717, 1.165) is 10.2 Å². The van der Waals surface area contributed by atoms with Crippen molar-refractivity contribution in [3.05, 3.63) is 40.3 Å². The maximum atomic E-state index is 8.04. The number of hydrogen-bond acceptors (Lipinski definition) is 3. The summed E-state index contributed by atoms with van der Waals surface area (Å²) in [4.78, 5) is 2.63. The smallest absolute Gasteiger partial charge is 0.119 e. The van der Waals surface area contributed by atoms with Crippen LogP contribution in [0.15, 0.2) is 29.4 Å². The molecule has 0 spiro atoms. The monoisotopic (exact) mass is 347 g/mol. The Balaban J connectivity index is 2.15.